The zero-order valence-electron chi connectivity index (χ0n) is 15.3. The average molecular weight is 338 g/mol. The summed E-state index contributed by atoms with van der Waals surface area (Å²) in [6.07, 6.45) is 9.16. The second-order valence-electron chi connectivity index (χ2n) is 7.39. The molecule has 0 unspecified atom stereocenters. The van der Waals surface area contributed by atoms with Gasteiger partial charge in [0, 0.05) is 32.0 Å². The van der Waals surface area contributed by atoms with Crippen LogP contribution in [0.5, 0.6) is 0 Å². The molecule has 24 heavy (non-hydrogen) atoms. The van der Waals surface area contributed by atoms with Crippen molar-refractivity contribution < 1.29 is 9.59 Å². The van der Waals surface area contributed by atoms with E-state index in [1.807, 2.05) is 4.90 Å². The highest BCUT2D eigenvalue weighted by Gasteiger charge is 2.27. The predicted octanol–water partition coefficient (Wildman–Crippen LogP) is 2.31. The number of hydrogen-bond donors (Lipinski definition) is 2. The Bertz CT molecular complexity index is 386. The second-order valence-corrected chi connectivity index (χ2v) is 7.39. The van der Waals surface area contributed by atoms with Crippen LogP contribution in [0.3, 0.4) is 0 Å². The van der Waals surface area contributed by atoms with Crippen LogP contribution in [0.2, 0.25) is 0 Å². The van der Waals surface area contributed by atoms with E-state index in [2.05, 4.69) is 17.6 Å². The summed E-state index contributed by atoms with van der Waals surface area (Å²) in [6, 6.07) is 0. The van der Waals surface area contributed by atoms with Crippen molar-refractivity contribution in [3.63, 3.8) is 0 Å². The van der Waals surface area contributed by atoms with Gasteiger partial charge in [0.05, 0.1) is 0 Å². The van der Waals surface area contributed by atoms with Gasteiger partial charge in [-0.05, 0) is 57.5 Å². The molecule has 2 aliphatic rings. The zero-order chi connectivity index (χ0) is 17.2. The average Bonchev–Trinajstić information content (AvgIpc) is 2.64. The summed E-state index contributed by atoms with van der Waals surface area (Å²) in [7, 11) is 0. The van der Waals surface area contributed by atoms with Gasteiger partial charge in [0.25, 0.3) is 0 Å². The third-order valence-electron chi connectivity index (χ3n) is 5.52. The van der Waals surface area contributed by atoms with Crippen molar-refractivity contribution in [3.8, 4) is 0 Å². The maximum atomic E-state index is 12.4. The Morgan fingerprint density at radius 3 is 2.46 bits per heavy atom. The van der Waals surface area contributed by atoms with E-state index < -0.39 is 0 Å². The lowest BCUT2D eigenvalue weighted by molar-refractivity contribution is -0.135. The SMILES string of the molecule is CCCCCNC(=O)C1CCN(C(=O)CCC2CCNCC2)CC1. The minimum Gasteiger partial charge on any atom is -0.356 e. The molecule has 0 radical (unpaired) electrons. The van der Waals surface area contributed by atoms with E-state index in [4.69, 9.17) is 0 Å². The number of carbonyl (C=O) groups is 2. The fraction of sp³-hybridized carbons (Fsp3) is 0.895. The van der Waals surface area contributed by atoms with Crippen molar-refractivity contribution in [2.45, 2.75) is 64.7 Å². The van der Waals surface area contributed by atoms with Crippen LogP contribution in [0.15, 0.2) is 0 Å². The molecule has 2 heterocycles. The van der Waals surface area contributed by atoms with Crippen molar-refractivity contribution in [2.24, 2.45) is 11.8 Å². The number of rotatable bonds is 8. The smallest absolute Gasteiger partial charge is 0.223 e. The predicted molar refractivity (Wildman–Crippen MR) is 96.7 cm³/mol. The van der Waals surface area contributed by atoms with Gasteiger partial charge < -0.3 is 15.5 Å². The summed E-state index contributed by atoms with van der Waals surface area (Å²) in [4.78, 5) is 26.5. The third kappa shape index (κ3) is 6.42. The van der Waals surface area contributed by atoms with Crippen LogP contribution in [0.4, 0.5) is 0 Å². The van der Waals surface area contributed by atoms with E-state index in [1.54, 1.807) is 0 Å². The van der Waals surface area contributed by atoms with E-state index in [1.165, 1.54) is 25.7 Å². The number of hydrogen-bond acceptors (Lipinski definition) is 3. The van der Waals surface area contributed by atoms with Crippen LogP contribution < -0.4 is 10.6 Å². The molecule has 2 saturated heterocycles. The fourth-order valence-corrected chi connectivity index (χ4v) is 3.78. The maximum absolute atomic E-state index is 12.4. The standard InChI is InChI=1S/C19H35N3O2/c1-2-3-4-11-21-19(24)17-9-14-22(15-10-17)18(23)6-5-16-7-12-20-13-8-16/h16-17,20H,2-15H2,1H3,(H,21,24). The molecule has 0 aliphatic carbocycles. The monoisotopic (exact) mass is 337 g/mol. The molecule has 0 aromatic carbocycles. The van der Waals surface area contributed by atoms with Gasteiger partial charge in [0.1, 0.15) is 0 Å². The number of nitrogens with one attached hydrogen (secondary N) is 2. The van der Waals surface area contributed by atoms with E-state index in [9.17, 15) is 9.59 Å². The minimum absolute atomic E-state index is 0.0973. The highest BCUT2D eigenvalue weighted by atomic mass is 16.2. The van der Waals surface area contributed by atoms with Crippen molar-refractivity contribution in [2.75, 3.05) is 32.7 Å². The highest BCUT2D eigenvalue weighted by Crippen LogP contribution is 2.21. The number of amides is 2. The summed E-state index contributed by atoms with van der Waals surface area (Å²) in [5.41, 5.74) is 0. The Labute approximate surface area is 146 Å². The lowest BCUT2D eigenvalue weighted by Crippen LogP contribution is -2.43. The van der Waals surface area contributed by atoms with Gasteiger partial charge >= 0.3 is 0 Å². The first kappa shape index (κ1) is 19.2. The number of unbranched alkanes of at least 4 members (excludes halogenated alkanes) is 2. The number of carbonyl (C=O) groups excluding carboxylic acids is 2. The summed E-state index contributed by atoms with van der Waals surface area (Å²) in [5.74, 6) is 1.28. The van der Waals surface area contributed by atoms with Gasteiger partial charge in [-0.2, -0.15) is 0 Å². The number of likely N-dealkylation sites (tertiary alicyclic amines) is 1. The molecule has 2 N–H and O–H groups in total. The molecular weight excluding hydrogens is 302 g/mol. The summed E-state index contributed by atoms with van der Waals surface area (Å²) >= 11 is 0. The van der Waals surface area contributed by atoms with Crippen LogP contribution in [0.25, 0.3) is 0 Å². The molecule has 0 aromatic rings. The molecule has 0 aromatic heterocycles. The largest absolute Gasteiger partial charge is 0.356 e. The van der Waals surface area contributed by atoms with Crippen LogP contribution in [-0.2, 0) is 9.59 Å². The first-order chi connectivity index (χ1) is 11.7. The molecule has 0 atom stereocenters. The molecule has 0 spiro atoms. The minimum atomic E-state index is 0.0973. The van der Waals surface area contributed by atoms with Gasteiger partial charge in [0.2, 0.25) is 11.8 Å². The fourth-order valence-electron chi connectivity index (χ4n) is 3.78. The molecule has 2 rings (SSSR count). The quantitative estimate of drug-likeness (QED) is 0.668. The topological polar surface area (TPSA) is 61.4 Å². The molecule has 2 fully saturated rings. The maximum Gasteiger partial charge on any atom is 0.223 e. The Morgan fingerprint density at radius 2 is 1.79 bits per heavy atom. The van der Waals surface area contributed by atoms with E-state index in [0.717, 1.165) is 58.4 Å². The third-order valence-corrected chi connectivity index (χ3v) is 5.52. The first-order valence-corrected chi connectivity index (χ1v) is 9.97. The van der Waals surface area contributed by atoms with Crippen LogP contribution in [0.1, 0.15) is 64.7 Å². The van der Waals surface area contributed by atoms with Gasteiger partial charge in [-0.15, -0.1) is 0 Å². The summed E-state index contributed by atoms with van der Waals surface area (Å²) < 4.78 is 0. The molecule has 5 heteroatoms. The van der Waals surface area contributed by atoms with Crippen molar-refractivity contribution >= 4 is 11.8 Å². The summed E-state index contributed by atoms with van der Waals surface area (Å²) in [5, 5.41) is 6.42. The Balaban J connectivity index is 1.60. The zero-order valence-corrected chi connectivity index (χ0v) is 15.3. The van der Waals surface area contributed by atoms with Crippen LogP contribution >= 0.6 is 0 Å². The number of piperidine rings is 2. The second kappa shape index (κ2) is 10.7. The molecule has 0 saturated carbocycles. The van der Waals surface area contributed by atoms with Crippen LogP contribution in [0, 0.1) is 11.8 Å². The lowest BCUT2D eigenvalue weighted by Gasteiger charge is -2.32. The Kier molecular flexibility index (Phi) is 8.57. The Morgan fingerprint density at radius 1 is 1.08 bits per heavy atom. The molecule has 2 aliphatic heterocycles. The highest BCUT2D eigenvalue weighted by molar-refractivity contribution is 5.80. The molecule has 138 valence electrons. The van der Waals surface area contributed by atoms with Gasteiger partial charge in [-0.25, -0.2) is 0 Å². The van der Waals surface area contributed by atoms with Gasteiger partial charge in [-0.3, -0.25) is 9.59 Å². The molecule has 2 amide bonds. The molecule has 5 nitrogen and oxygen atoms in total. The van der Waals surface area contributed by atoms with Gasteiger partial charge in [-0.1, -0.05) is 19.8 Å². The summed E-state index contributed by atoms with van der Waals surface area (Å²) in [6.45, 7) is 6.65. The van der Waals surface area contributed by atoms with Crippen molar-refractivity contribution in [3.05, 3.63) is 0 Å². The first-order valence-electron chi connectivity index (χ1n) is 9.97. The van der Waals surface area contributed by atoms with E-state index >= 15 is 0 Å². The number of nitrogens with zero attached hydrogens (tertiary/aromatic N) is 1. The van der Waals surface area contributed by atoms with E-state index in [-0.39, 0.29) is 17.7 Å². The Hall–Kier alpha value is -1.10. The van der Waals surface area contributed by atoms with Crippen molar-refractivity contribution in [1.82, 2.24) is 15.5 Å². The normalized spacial score (nSPS) is 20.1. The molecule has 0 bridgehead atoms. The van der Waals surface area contributed by atoms with Gasteiger partial charge in [0.15, 0.2) is 0 Å². The van der Waals surface area contributed by atoms with E-state index in [0.29, 0.717) is 12.3 Å². The lowest BCUT2D eigenvalue weighted by atomic mass is 9.92. The van der Waals surface area contributed by atoms with Crippen molar-refractivity contribution in [1.29, 1.82) is 0 Å². The van der Waals surface area contributed by atoms with Crippen LogP contribution in [-0.4, -0.2) is 49.4 Å². The molecular formula is C19H35N3O2.